The number of rotatable bonds is 6. The Balaban J connectivity index is 0.00000338. The number of nitrogens with two attached hydrogens (primary N) is 1. The molecule has 1 fully saturated rings. The molecule has 1 unspecified atom stereocenters. The monoisotopic (exact) mass is 403 g/mol. The topological polar surface area (TPSA) is 92.5 Å². The molecule has 1 saturated heterocycles. The minimum Gasteiger partial charge on any atom is -0.339 e. The predicted molar refractivity (Wildman–Crippen MR) is 106 cm³/mol. The third-order valence-corrected chi connectivity index (χ3v) is 6.10. The van der Waals surface area contributed by atoms with Gasteiger partial charge in [-0.1, -0.05) is 13.8 Å². The van der Waals surface area contributed by atoms with E-state index in [1.54, 1.807) is 12.1 Å². The van der Waals surface area contributed by atoms with Gasteiger partial charge in [0.1, 0.15) is 0 Å². The second kappa shape index (κ2) is 9.69. The van der Waals surface area contributed by atoms with Crippen molar-refractivity contribution in [1.82, 2.24) is 9.62 Å². The van der Waals surface area contributed by atoms with Gasteiger partial charge in [0, 0.05) is 31.2 Å². The highest BCUT2D eigenvalue weighted by molar-refractivity contribution is 7.89. The Morgan fingerprint density at radius 2 is 1.73 bits per heavy atom. The number of hydrogen-bond acceptors (Lipinski definition) is 4. The second-order valence-corrected chi connectivity index (χ2v) is 9.03. The van der Waals surface area contributed by atoms with Gasteiger partial charge in [-0.3, -0.25) is 4.79 Å². The number of likely N-dealkylation sites (tertiary alicyclic amines) is 1. The molecule has 1 amide bonds. The normalized spacial score (nSPS) is 17.0. The largest absolute Gasteiger partial charge is 0.339 e. The standard InChI is InChI=1S/C18H29N3O3S.ClH/c1-13(2)12-20-25(23,24)17-6-4-16(5-7-17)18(22)21-10-8-15(9-11-21)14(3)19;/h4-7,13-15,20H,8-12,19H2,1-3H3;1H. The van der Waals surface area contributed by atoms with Gasteiger partial charge in [0.05, 0.1) is 4.90 Å². The van der Waals surface area contributed by atoms with Crippen molar-refractivity contribution in [2.75, 3.05) is 19.6 Å². The SMILES string of the molecule is CC(C)CNS(=O)(=O)c1ccc(C(=O)N2CCC(C(C)N)CC2)cc1.Cl. The first-order valence-corrected chi connectivity index (χ1v) is 10.3. The summed E-state index contributed by atoms with van der Waals surface area (Å²) in [7, 11) is -3.53. The average molecular weight is 404 g/mol. The lowest BCUT2D eigenvalue weighted by Gasteiger charge is -2.33. The van der Waals surface area contributed by atoms with Gasteiger partial charge >= 0.3 is 0 Å². The summed E-state index contributed by atoms with van der Waals surface area (Å²) in [5.41, 5.74) is 6.45. The summed E-state index contributed by atoms with van der Waals surface area (Å²) < 4.78 is 27.0. The summed E-state index contributed by atoms with van der Waals surface area (Å²) >= 11 is 0. The van der Waals surface area contributed by atoms with E-state index in [9.17, 15) is 13.2 Å². The molecule has 1 aliphatic rings. The van der Waals surface area contributed by atoms with Crippen molar-refractivity contribution < 1.29 is 13.2 Å². The van der Waals surface area contributed by atoms with Gasteiger partial charge in [-0.05, 0) is 55.9 Å². The summed E-state index contributed by atoms with van der Waals surface area (Å²) in [6.07, 6.45) is 1.82. The first-order chi connectivity index (χ1) is 11.7. The van der Waals surface area contributed by atoms with Crippen molar-refractivity contribution in [2.45, 2.75) is 44.6 Å². The van der Waals surface area contributed by atoms with E-state index in [-0.39, 0.29) is 35.2 Å². The molecule has 0 spiro atoms. The smallest absolute Gasteiger partial charge is 0.253 e. The molecule has 26 heavy (non-hydrogen) atoms. The Morgan fingerprint density at radius 1 is 1.19 bits per heavy atom. The van der Waals surface area contributed by atoms with Crippen molar-refractivity contribution in [3.63, 3.8) is 0 Å². The number of sulfonamides is 1. The molecule has 1 aromatic rings. The molecule has 1 atom stereocenters. The first kappa shape index (κ1) is 22.9. The molecule has 1 aromatic carbocycles. The van der Waals surface area contributed by atoms with Crippen molar-refractivity contribution in [3.8, 4) is 0 Å². The maximum absolute atomic E-state index is 12.6. The quantitative estimate of drug-likeness (QED) is 0.761. The molecule has 2 rings (SSSR count). The molecule has 6 nitrogen and oxygen atoms in total. The van der Waals surface area contributed by atoms with Crippen LogP contribution in [0.1, 0.15) is 44.0 Å². The number of nitrogens with one attached hydrogen (secondary N) is 1. The zero-order valence-electron chi connectivity index (χ0n) is 15.6. The van der Waals surface area contributed by atoms with Gasteiger partial charge in [-0.25, -0.2) is 13.1 Å². The Bertz CT molecular complexity index is 682. The average Bonchev–Trinajstić information content (AvgIpc) is 2.59. The van der Waals surface area contributed by atoms with Crippen LogP contribution in [0.4, 0.5) is 0 Å². The van der Waals surface area contributed by atoms with Crippen molar-refractivity contribution in [2.24, 2.45) is 17.6 Å². The minimum atomic E-state index is -3.53. The van der Waals surface area contributed by atoms with E-state index in [1.165, 1.54) is 12.1 Å². The Hall–Kier alpha value is -1.15. The molecule has 0 aliphatic carbocycles. The Kier molecular flexibility index (Phi) is 8.53. The highest BCUT2D eigenvalue weighted by Crippen LogP contribution is 2.21. The van der Waals surface area contributed by atoms with E-state index in [2.05, 4.69) is 4.72 Å². The van der Waals surface area contributed by atoms with Gasteiger partial charge in [0.15, 0.2) is 0 Å². The predicted octanol–water partition coefficient (Wildman–Crippen LogP) is 2.24. The fraction of sp³-hybridized carbons (Fsp3) is 0.611. The van der Waals surface area contributed by atoms with Gasteiger partial charge in [-0.2, -0.15) is 0 Å². The molecule has 0 bridgehead atoms. The van der Waals surface area contributed by atoms with E-state index in [1.807, 2.05) is 25.7 Å². The third kappa shape index (κ3) is 5.94. The number of hydrogen-bond donors (Lipinski definition) is 2. The van der Waals surface area contributed by atoms with Crippen LogP contribution < -0.4 is 10.5 Å². The van der Waals surface area contributed by atoms with Gasteiger partial charge < -0.3 is 10.6 Å². The third-order valence-electron chi connectivity index (χ3n) is 4.66. The minimum absolute atomic E-state index is 0. The van der Waals surface area contributed by atoms with Crippen LogP contribution in [0.3, 0.4) is 0 Å². The zero-order valence-corrected chi connectivity index (χ0v) is 17.3. The Labute approximate surface area is 163 Å². The molecular formula is C18H30ClN3O3S. The number of nitrogens with zero attached hydrogens (tertiary/aromatic N) is 1. The van der Waals surface area contributed by atoms with Crippen LogP contribution in [0.15, 0.2) is 29.2 Å². The zero-order chi connectivity index (χ0) is 18.6. The molecule has 1 heterocycles. The fourth-order valence-corrected chi connectivity index (χ4v) is 4.16. The van der Waals surface area contributed by atoms with E-state index >= 15 is 0 Å². The summed E-state index contributed by atoms with van der Waals surface area (Å²) in [5, 5.41) is 0. The van der Waals surface area contributed by atoms with Gasteiger partial charge in [-0.15, -0.1) is 12.4 Å². The number of benzene rings is 1. The lowest BCUT2D eigenvalue weighted by molar-refractivity contribution is 0.0681. The van der Waals surface area contributed by atoms with E-state index < -0.39 is 10.0 Å². The molecule has 0 aromatic heterocycles. The van der Waals surface area contributed by atoms with Gasteiger partial charge in [0.2, 0.25) is 10.0 Å². The van der Waals surface area contributed by atoms with Crippen LogP contribution in [0.2, 0.25) is 0 Å². The van der Waals surface area contributed by atoms with E-state index in [0.29, 0.717) is 31.1 Å². The number of piperidine rings is 1. The summed E-state index contributed by atoms with van der Waals surface area (Å²) in [6, 6.07) is 6.31. The molecule has 0 radical (unpaired) electrons. The van der Waals surface area contributed by atoms with Crippen molar-refractivity contribution in [3.05, 3.63) is 29.8 Å². The van der Waals surface area contributed by atoms with Crippen LogP contribution in [0.25, 0.3) is 0 Å². The van der Waals surface area contributed by atoms with Crippen LogP contribution >= 0.6 is 12.4 Å². The molecule has 148 valence electrons. The van der Waals surface area contributed by atoms with E-state index in [0.717, 1.165) is 12.8 Å². The van der Waals surface area contributed by atoms with Crippen molar-refractivity contribution >= 4 is 28.3 Å². The molecular weight excluding hydrogens is 374 g/mol. The summed E-state index contributed by atoms with van der Waals surface area (Å²) in [5.74, 6) is 0.639. The number of amides is 1. The molecule has 1 aliphatic heterocycles. The van der Waals surface area contributed by atoms with Gasteiger partial charge in [0.25, 0.3) is 5.91 Å². The molecule has 3 N–H and O–H groups in total. The number of carbonyl (C=O) groups excluding carboxylic acids is 1. The maximum Gasteiger partial charge on any atom is 0.253 e. The lowest BCUT2D eigenvalue weighted by atomic mass is 9.90. The maximum atomic E-state index is 12.6. The fourth-order valence-electron chi connectivity index (χ4n) is 2.95. The highest BCUT2D eigenvalue weighted by Gasteiger charge is 2.25. The van der Waals surface area contributed by atoms with E-state index in [4.69, 9.17) is 5.73 Å². The summed E-state index contributed by atoms with van der Waals surface area (Å²) in [4.78, 5) is 14.6. The van der Waals surface area contributed by atoms with Crippen LogP contribution in [-0.2, 0) is 10.0 Å². The highest BCUT2D eigenvalue weighted by atomic mass is 35.5. The number of carbonyl (C=O) groups is 1. The molecule has 8 heteroatoms. The van der Waals surface area contributed by atoms with Crippen LogP contribution in [0.5, 0.6) is 0 Å². The number of halogens is 1. The lowest BCUT2D eigenvalue weighted by Crippen LogP contribution is -2.42. The Morgan fingerprint density at radius 3 is 2.19 bits per heavy atom. The van der Waals surface area contributed by atoms with Crippen molar-refractivity contribution in [1.29, 1.82) is 0 Å². The molecule has 0 saturated carbocycles. The van der Waals surface area contributed by atoms with Crippen LogP contribution in [-0.4, -0.2) is 44.9 Å². The first-order valence-electron chi connectivity index (χ1n) is 8.85. The van der Waals surface area contributed by atoms with Crippen LogP contribution in [0, 0.1) is 11.8 Å². The summed E-state index contributed by atoms with van der Waals surface area (Å²) in [6.45, 7) is 7.67. The second-order valence-electron chi connectivity index (χ2n) is 7.26.